The van der Waals surface area contributed by atoms with Crippen molar-refractivity contribution in [1.82, 2.24) is 20.2 Å². The van der Waals surface area contributed by atoms with Gasteiger partial charge < -0.3 is 10.1 Å². The van der Waals surface area contributed by atoms with Crippen molar-refractivity contribution < 1.29 is 4.92 Å². The van der Waals surface area contributed by atoms with Gasteiger partial charge >= 0.3 is 5.82 Å². The van der Waals surface area contributed by atoms with Gasteiger partial charge in [-0.25, -0.2) is 0 Å². The summed E-state index contributed by atoms with van der Waals surface area (Å²) in [4.78, 5) is 17.8. The van der Waals surface area contributed by atoms with Gasteiger partial charge in [0.05, 0.1) is 11.4 Å². The van der Waals surface area contributed by atoms with E-state index in [9.17, 15) is 10.1 Å². The van der Waals surface area contributed by atoms with Crippen LogP contribution in [0.15, 0.2) is 48.9 Å². The highest BCUT2D eigenvalue weighted by Crippen LogP contribution is 2.24. The van der Waals surface area contributed by atoms with Gasteiger partial charge in [0.15, 0.2) is 0 Å². The summed E-state index contributed by atoms with van der Waals surface area (Å²) in [6.45, 7) is 0. The quantitative estimate of drug-likeness (QED) is 0.580. The number of aromatic nitrogens is 4. The standard InChI is InChI=1S/C13H9N5O2/c19-18(20)13-7-10(3-6-15-13)12-8-11(16-17-12)9-1-4-14-5-2-9/h1-8H,(H,16,17). The number of rotatable bonds is 3. The van der Waals surface area contributed by atoms with Crippen molar-refractivity contribution in [3.63, 3.8) is 0 Å². The van der Waals surface area contributed by atoms with Crippen LogP contribution in [0.3, 0.4) is 0 Å². The molecule has 0 radical (unpaired) electrons. The molecule has 0 aliphatic carbocycles. The number of H-pyrrole nitrogens is 1. The Balaban J connectivity index is 1.98. The second-order valence-electron chi connectivity index (χ2n) is 4.06. The van der Waals surface area contributed by atoms with Gasteiger partial charge in [0.25, 0.3) is 0 Å². The monoisotopic (exact) mass is 267 g/mol. The van der Waals surface area contributed by atoms with E-state index in [0.717, 1.165) is 11.3 Å². The highest BCUT2D eigenvalue weighted by molar-refractivity contribution is 5.68. The van der Waals surface area contributed by atoms with E-state index in [0.29, 0.717) is 11.3 Å². The molecule has 3 aromatic heterocycles. The molecule has 0 unspecified atom stereocenters. The Hall–Kier alpha value is -3.09. The first-order valence-corrected chi connectivity index (χ1v) is 5.80. The molecule has 0 amide bonds. The van der Waals surface area contributed by atoms with Crippen LogP contribution in [-0.2, 0) is 0 Å². The van der Waals surface area contributed by atoms with Crippen molar-refractivity contribution in [2.75, 3.05) is 0 Å². The molecule has 3 rings (SSSR count). The van der Waals surface area contributed by atoms with Crippen LogP contribution in [0.5, 0.6) is 0 Å². The Morgan fingerprint density at radius 3 is 2.55 bits per heavy atom. The molecule has 7 heteroatoms. The molecular weight excluding hydrogens is 258 g/mol. The molecule has 0 saturated heterocycles. The summed E-state index contributed by atoms with van der Waals surface area (Å²) >= 11 is 0. The minimum atomic E-state index is -0.528. The molecule has 0 fully saturated rings. The van der Waals surface area contributed by atoms with Gasteiger partial charge in [-0.05, 0) is 34.2 Å². The predicted octanol–water partition coefficient (Wildman–Crippen LogP) is 2.44. The van der Waals surface area contributed by atoms with Crippen LogP contribution in [0.25, 0.3) is 22.5 Å². The average molecular weight is 267 g/mol. The summed E-state index contributed by atoms with van der Waals surface area (Å²) in [6.07, 6.45) is 4.77. The summed E-state index contributed by atoms with van der Waals surface area (Å²) < 4.78 is 0. The van der Waals surface area contributed by atoms with Crippen LogP contribution in [0.1, 0.15) is 0 Å². The molecule has 3 heterocycles. The Morgan fingerprint density at radius 1 is 1.05 bits per heavy atom. The van der Waals surface area contributed by atoms with Gasteiger partial charge in [-0.2, -0.15) is 5.10 Å². The van der Waals surface area contributed by atoms with Crippen molar-refractivity contribution in [1.29, 1.82) is 0 Å². The maximum Gasteiger partial charge on any atom is 0.364 e. The fourth-order valence-corrected chi connectivity index (χ4v) is 1.83. The van der Waals surface area contributed by atoms with Gasteiger partial charge in [-0.15, -0.1) is 0 Å². The minimum absolute atomic E-state index is 0.198. The summed E-state index contributed by atoms with van der Waals surface area (Å²) in [5.41, 5.74) is 3.04. The third-order valence-electron chi connectivity index (χ3n) is 2.80. The van der Waals surface area contributed by atoms with Gasteiger partial charge in [-0.3, -0.25) is 10.1 Å². The van der Waals surface area contributed by atoms with E-state index in [1.807, 2.05) is 18.2 Å². The van der Waals surface area contributed by atoms with E-state index in [-0.39, 0.29) is 5.82 Å². The van der Waals surface area contributed by atoms with Crippen molar-refractivity contribution in [2.24, 2.45) is 0 Å². The number of hydrogen-bond donors (Lipinski definition) is 1. The molecule has 0 aliphatic heterocycles. The third-order valence-corrected chi connectivity index (χ3v) is 2.80. The highest BCUT2D eigenvalue weighted by atomic mass is 16.6. The SMILES string of the molecule is O=[N+]([O-])c1cc(-c2cc(-c3ccncc3)[nH]n2)ccn1. The molecule has 0 spiro atoms. The predicted molar refractivity (Wildman–Crippen MR) is 71.7 cm³/mol. The normalized spacial score (nSPS) is 10.4. The molecule has 20 heavy (non-hydrogen) atoms. The number of aromatic amines is 1. The lowest BCUT2D eigenvalue weighted by atomic mass is 10.1. The summed E-state index contributed by atoms with van der Waals surface area (Å²) in [5, 5.41) is 17.8. The Labute approximate surface area is 113 Å². The van der Waals surface area contributed by atoms with E-state index in [4.69, 9.17) is 0 Å². The summed E-state index contributed by atoms with van der Waals surface area (Å²) in [7, 11) is 0. The Morgan fingerprint density at radius 2 is 1.80 bits per heavy atom. The highest BCUT2D eigenvalue weighted by Gasteiger charge is 2.11. The first-order valence-electron chi connectivity index (χ1n) is 5.80. The molecular formula is C13H9N5O2. The Bertz CT molecular complexity index is 754. The average Bonchev–Trinajstić information content (AvgIpc) is 2.98. The molecule has 3 aromatic rings. The molecule has 0 aliphatic rings. The first-order chi connectivity index (χ1) is 9.74. The van der Waals surface area contributed by atoms with Crippen molar-refractivity contribution in [3.05, 3.63) is 59.0 Å². The van der Waals surface area contributed by atoms with E-state index >= 15 is 0 Å². The third kappa shape index (κ3) is 2.24. The first kappa shape index (κ1) is 12.0. The van der Waals surface area contributed by atoms with Gasteiger partial charge in [0, 0.05) is 29.6 Å². The van der Waals surface area contributed by atoms with Gasteiger partial charge in [-0.1, -0.05) is 0 Å². The van der Waals surface area contributed by atoms with E-state index < -0.39 is 4.92 Å². The van der Waals surface area contributed by atoms with E-state index in [1.54, 1.807) is 18.5 Å². The topological polar surface area (TPSA) is 97.6 Å². The second-order valence-corrected chi connectivity index (χ2v) is 4.06. The molecule has 0 atom stereocenters. The Kier molecular flexibility index (Phi) is 2.92. The van der Waals surface area contributed by atoms with Crippen LogP contribution in [0.2, 0.25) is 0 Å². The summed E-state index contributed by atoms with van der Waals surface area (Å²) in [6, 6.07) is 8.61. The number of pyridine rings is 2. The second kappa shape index (κ2) is 4.88. The van der Waals surface area contributed by atoms with Crippen molar-refractivity contribution in [3.8, 4) is 22.5 Å². The zero-order valence-electron chi connectivity index (χ0n) is 10.2. The van der Waals surface area contributed by atoms with Crippen LogP contribution in [-0.4, -0.2) is 25.1 Å². The lowest BCUT2D eigenvalue weighted by Gasteiger charge is -1.95. The molecule has 0 saturated carbocycles. The van der Waals surface area contributed by atoms with E-state index in [1.165, 1.54) is 12.3 Å². The lowest BCUT2D eigenvalue weighted by Crippen LogP contribution is -1.91. The van der Waals surface area contributed by atoms with Gasteiger partial charge in [0.1, 0.15) is 6.20 Å². The largest absolute Gasteiger partial charge is 0.364 e. The van der Waals surface area contributed by atoms with E-state index in [2.05, 4.69) is 20.2 Å². The molecule has 0 bridgehead atoms. The lowest BCUT2D eigenvalue weighted by molar-refractivity contribution is -0.389. The fourth-order valence-electron chi connectivity index (χ4n) is 1.83. The number of nitro groups is 1. The number of nitrogens with one attached hydrogen (secondary N) is 1. The van der Waals surface area contributed by atoms with Crippen molar-refractivity contribution >= 4 is 5.82 Å². The maximum atomic E-state index is 10.7. The fraction of sp³-hybridized carbons (Fsp3) is 0. The maximum absolute atomic E-state index is 10.7. The van der Waals surface area contributed by atoms with Gasteiger partial charge in [0.2, 0.25) is 0 Å². The zero-order valence-corrected chi connectivity index (χ0v) is 10.2. The molecule has 1 N–H and O–H groups in total. The van der Waals surface area contributed by atoms with Crippen LogP contribution in [0.4, 0.5) is 5.82 Å². The number of hydrogen-bond acceptors (Lipinski definition) is 5. The van der Waals surface area contributed by atoms with Crippen LogP contribution in [0, 0.1) is 10.1 Å². The molecule has 7 nitrogen and oxygen atoms in total. The number of nitrogens with zero attached hydrogens (tertiary/aromatic N) is 4. The van der Waals surface area contributed by atoms with Crippen molar-refractivity contribution in [2.45, 2.75) is 0 Å². The van der Waals surface area contributed by atoms with Crippen LogP contribution >= 0.6 is 0 Å². The summed E-state index contributed by atoms with van der Waals surface area (Å²) in [5.74, 6) is -0.198. The smallest absolute Gasteiger partial charge is 0.358 e. The molecule has 0 aromatic carbocycles. The minimum Gasteiger partial charge on any atom is -0.358 e. The zero-order chi connectivity index (χ0) is 13.9. The molecule has 98 valence electrons. The van der Waals surface area contributed by atoms with Crippen LogP contribution < -0.4 is 0 Å².